The van der Waals surface area contributed by atoms with E-state index < -0.39 is 0 Å². The number of hydrogen-bond donors (Lipinski definition) is 2. The molecular weight excluding hydrogens is 214 g/mol. The van der Waals surface area contributed by atoms with Crippen molar-refractivity contribution in [3.8, 4) is 12.3 Å². The normalized spacial score (nSPS) is 23.4. The highest BCUT2D eigenvalue weighted by molar-refractivity contribution is 5.87. The second kappa shape index (κ2) is 5.52. The van der Waals surface area contributed by atoms with Gasteiger partial charge in [0.1, 0.15) is 0 Å². The fraction of sp³-hybridized carbons (Fsp3) is 0.769. The van der Waals surface area contributed by atoms with Crippen molar-refractivity contribution in [2.24, 2.45) is 0 Å². The maximum atomic E-state index is 12.6. The molecule has 1 aliphatic heterocycles. The first-order chi connectivity index (χ1) is 8.28. The molecule has 0 aromatic heterocycles. The molecule has 1 saturated carbocycles. The molecule has 0 bridgehead atoms. The summed E-state index contributed by atoms with van der Waals surface area (Å²) in [6.45, 7) is 3.92. The lowest BCUT2D eigenvalue weighted by atomic mass is 9.95. The van der Waals surface area contributed by atoms with E-state index >= 15 is 0 Å². The summed E-state index contributed by atoms with van der Waals surface area (Å²) in [6.07, 6.45) is 9.39. The Labute approximate surface area is 103 Å². The van der Waals surface area contributed by atoms with Gasteiger partial charge in [-0.15, -0.1) is 6.42 Å². The number of amides is 1. The lowest BCUT2D eigenvalue weighted by molar-refractivity contribution is -0.138. The van der Waals surface area contributed by atoms with E-state index in [-0.39, 0.29) is 11.4 Å². The van der Waals surface area contributed by atoms with Crippen LogP contribution in [0.1, 0.15) is 25.7 Å². The number of rotatable bonds is 3. The largest absolute Gasteiger partial charge is 0.339 e. The molecule has 0 radical (unpaired) electrons. The molecule has 94 valence electrons. The van der Waals surface area contributed by atoms with Crippen LogP contribution in [-0.2, 0) is 4.79 Å². The van der Waals surface area contributed by atoms with Crippen molar-refractivity contribution in [3.05, 3.63) is 0 Å². The zero-order valence-electron chi connectivity index (χ0n) is 10.3. The highest BCUT2D eigenvalue weighted by Gasteiger charge is 2.42. The third-order valence-electron chi connectivity index (χ3n) is 3.80. The van der Waals surface area contributed by atoms with Crippen LogP contribution >= 0.6 is 0 Å². The van der Waals surface area contributed by atoms with Gasteiger partial charge in [-0.05, 0) is 12.8 Å². The zero-order chi connectivity index (χ0) is 12.1. The van der Waals surface area contributed by atoms with Gasteiger partial charge in [-0.25, -0.2) is 0 Å². The Morgan fingerprint density at radius 2 is 2.00 bits per heavy atom. The van der Waals surface area contributed by atoms with E-state index in [9.17, 15) is 4.79 Å². The van der Waals surface area contributed by atoms with Crippen LogP contribution in [0.25, 0.3) is 0 Å². The van der Waals surface area contributed by atoms with Crippen LogP contribution in [0.3, 0.4) is 0 Å². The predicted octanol–water partition coefficient (Wildman–Crippen LogP) is -0.0462. The molecule has 1 saturated heterocycles. The van der Waals surface area contributed by atoms with Crippen molar-refractivity contribution in [1.29, 1.82) is 0 Å². The van der Waals surface area contributed by atoms with Gasteiger partial charge in [-0.3, -0.25) is 10.1 Å². The molecule has 0 aromatic rings. The molecule has 1 aliphatic carbocycles. The first-order valence-corrected chi connectivity index (χ1v) is 6.47. The van der Waals surface area contributed by atoms with Crippen LogP contribution in [-0.4, -0.2) is 49.1 Å². The summed E-state index contributed by atoms with van der Waals surface area (Å²) in [6, 6.07) is 0. The summed E-state index contributed by atoms with van der Waals surface area (Å²) >= 11 is 0. The van der Waals surface area contributed by atoms with Crippen molar-refractivity contribution < 1.29 is 4.79 Å². The highest BCUT2D eigenvalue weighted by atomic mass is 16.2. The number of nitrogens with zero attached hydrogens (tertiary/aromatic N) is 1. The Balaban J connectivity index is 2.04. The minimum Gasteiger partial charge on any atom is -0.339 e. The van der Waals surface area contributed by atoms with Gasteiger partial charge in [0, 0.05) is 26.2 Å². The molecule has 2 N–H and O–H groups in total. The van der Waals surface area contributed by atoms with Crippen LogP contribution in [0.5, 0.6) is 0 Å². The van der Waals surface area contributed by atoms with Crippen LogP contribution in [0.15, 0.2) is 0 Å². The van der Waals surface area contributed by atoms with E-state index in [4.69, 9.17) is 6.42 Å². The molecule has 2 fully saturated rings. The average Bonchev–Trinajstić information content (AvgIpc) is 2.86. The van der Waals surface area contributed by atoms with Gasteiger partial charge in [-0.1, -0.05) is 18.8 Å². The Morgan fingerprint density at radius 1 is 1.35 bits per heavy atom. The second-order valence-corrected chi connectivity index (χ2v) is 4.89. The van der Waals surface area contributed by atoms with E-state index in [0.717, 1.165) is 51.9 Å². The topological polar surface area (TPSA) is 44.4 Å². The second-order valence-electron chi connectivity index (χ2n) is 4.89. The monoisotopic (exact) mass is 235 g/mol. The summed E-state index contributed by atoms with van der Waals surface area (Å²) in [5.41, 5.74) is -0.371. The minimum atomic E-state index is -0.371. The number of carbonyl (C=O) groups excluding carboxylic acids is 1. The Morgan fingerprint density at radius 3 is 2.59 bits per heavy atom. The van der Waals surface area contributed by atoms with Crippen molar-refractivity contribution in [2.45, 2.75) is 31.2 Å². The standard InChI is InChI=1S/C13H21N3O/c1-2-7-15-13(5-3-4-6-13)12(17)16-10-8-14-9-11-16/h1,14-15H,3-11H2. The highest BCUT2D eigenvalue weighted by Crippen LogP contribution is 2.31. The smallest absolute Gasteiger partial charge is 0.242 e. The Bertz CT molecular complexity index is 309. The van der Waals surface area contributed by atoms with Crippen LogP contribution in [0.2, 0.25) is 0 Å². The van der Waals surface area contributed by atoms with E-state index in [0.29, 0.717) is 6.54 Å². The van der Waals surface area contributed by atoms with E-state index in [2.05, 4.69) is 16.6 Å². The van der Waals surface area contributed by atoms with Gasteiger partial charge in [0.05, 0.1) is 12.1 Å². The van der Waals surface area contributed by atoms with Crippen molar-refractivity contribution in [2.75, 3.05) is 32.7 Å². The average molecular weight is 235 g/mol. The number of hydrogen-bond acceptors (Lipinski definition) is 3. The summed E-state index contributed by atoms with van der Waals surface area (Å²) < 4.78 is 0. The molecule has 1 heterocycles. The van der Waals surface area contributed by atoms with Gasteiger partial charge in [-0.2, -0.15) is 0 Å². The molecule has 1 amide bonds. The number of carbonyl (C=O) groups is 1. The summed E-state index contributed by atoms with van der Waals surface area (Å²) in [4.78, 5) is 14.6. The molecule has 0 aromatic carbocycles. The van der Waals surface area contributed by atoms with E-state index in [1.165, 1.54) is 0 Å². The number of nitrogens with one attached hydrogen (secondary N) is 2. The summed E-state index contributed by atoms with van der Waals surface area (Å²) in [5, 5.41) is 6.56. The minimum absolute atomic E-state index is 0.256. The quantitative estimate of drug-likeness (QED) is 0.674. The molecular formula is C13H21N3O. The first kappa shape index (κ1) is 12.4. The van der Waals surface area contributed by atoms with Gasteiger partial charge >= 0.3 is 0 Å². The molecule has 0 atom stereocenters. The maximum Gasteiger partial charge on any atom is 0.242 e. The lowest BCUT2D eigenvalue weighted by Crippen LogP contribution is -2.59. The van der Waals surface area contributed by atoms with Crippen molar-refractivity contribution in [1.82, 2.24) is 15.5 Å². The van der Waals surface area contributed by atoms with Crippen LogP contribution in [0.4, 0.5) is 0 Å². The number of piperazine rings is 1. The molecule has 17 heavy (non-hydrogen) atoms. The van der Waals surface area contributed by atoms with Crippen LogP contribution in [0, 0.1) is 12.3 Å². The Kier molecular flexibility index (Phi) is 4.03. The van der Waals surface area contributed by atoms with E-state index in [1.807, 2.05) is 4.90 Å². The first-order valence-electron chi connectivity index (χ1n) is 6.47. The van der Waals surface area contributed by atoms with Gasteiger partial charge < -0.3 is 10.2 Å². The van der Waals surface area contributed by atoms with Crippen molar-refractivity contribution >= 4 is 5.91 Å². The predicted molar refractivity (Wildman–Crippen MR) is 67.5 cm³/mol. The SMILES string of the molecule is C#CCNC1(C(=O)N2CCNCC2)CCCC1. The summed E-state index contributed by atoms with van der Waals surface area (Å²) in [7, 11) is 0. The third-order valence-corrected chi connectivity index (χ3v) is 3.80. The molecule has 2 aliphatic rings. The lowest BCUT2D eigenvalue weighted by Gasteiger charge is -2.37. The zero-order valence-corrected chi connectivity index (χ0v) is 10.3. The van der Waals surface area contributed by atoms with Gasteiger partial charge in [0.15, 0.2) is 0 Å². The molecule has 4 heteroatoms. The molecule has 4 nitrogen and oxygen atoms in total. The van der Waals surface area contributed by atoms with Crippen molar-refractivity contribution in [3.63, 3.8) is 0 Å². The number of terminal acetylenes is 1. The van der Waals surface area contributed by atoms with Gasteiger partial charge in [0.25, 0.3) is 0 Å². The van der Waals surface area contributed by atoms with Crippen LogP contribution < -0.4 is 10.6 Å². The third kappa shape index (κ3) is 2.62. The molecule has 2 rings (SSSR count). The fourth-order valence-corrected chi connectivity index (χ4v) is 2.84. The fourth-order valence-electron chi connectivity index (χ4n) is 2.84. The summed E-state index contributed by atoms with van der Waals surface area (Å²) in [5.74, 6) is 2.84. The maximum absolute atomic E-state index is 12.6. The Hall–Kier alpha value is -1.05. The molecule has 0 unspecified atom stereocenters. The van der Waals surface area contributed by atoms with Gasteiger partial charge in [0.2, 0.25) is 5.91 Å². The molecule has 0 spiro atoms. The van der Waals surface area contributed by atoms with E-state index in [1.54, 1.807) is 0 Å².